The second-order valence-electron chi connectivity index (χ2n) is 29.1. The fourth-order valence-electron chi connectivity index (χ4n) is 10.9. The van der Waals surface area contributed by atoms with E-state index in [9.17, 15) is 117 Å². The molecule has 0 spiro atoms. The number of primary amides is 1. The van der Waals surface area contributed by atoms with Crippen molar-refractivity contribution in [2.24, 2.45) is 40.9 Å². The van der Waals surface area contributed by atoms with Crippen LogP contribution >= 0.6 is 0 Å². The molecule has 0 aliphatic heterocycles. The number of amides is 16. The fourth-order valence-corrected chi connectivity index (χ4v) is 10.9. The topological polar surface area (TPSA) is 704 Å². The maximum Gasteiger partial charge on any atom is 0.326 e. The van der Waals surface area contributed by atoms with Crippen LogP contribution in [0.5, 0.6) is 0 Å². The van der Waals surface area contributed by atoms with E-state index in [1.165, 1.54) is 20.8 Å². The van der Waals surface area contributed by atoms with E-state index < -0.39 is 247 Å². The van der Waals surface area contributed by atoms with Gasteiger partial charge in [0.15, 0.2) is 0 Å². The number of carbonyl (C=O) groups excluding carboxylic acids is 16. The van der Waals surface area contributed by atoms with Gasteiger partial charge in [-0.2, -0.15) is 0 Å². The molecule has 43 heteroatoms. The lowest BCUT2D eigenvalue weighted by Crippen LogP contribution is -2.63. The Kier molecular flexibility index (Phi) is 47.4. The third kappa shape index (κ3) is 39.7. The average molecular weight is 1620 g/mol. The number of hydrogen-bond donors (Lipinski definition) is 24. The Morgan fingerprint density at radius 2 is 0.593 bits per heavy atom. The maximum absolute atomic E-state index is 14.0. The molecule has 0 aliphatic carbocycles. The first-order chi connectivity index (χ1) is 52.5. The number of aliphatic carboxylic acids is 3. The molecule has 0 heterocycles. The lowest BCUT2D eigenvalue weighted by molar-refractivity contribution is -0.148. The zero-order valence-electron chi connectivity index (χ0n) is 66.6. The van der Waals surface area contributed by atoms with Gasteiger partial charge in [0.1, 0.15) is 90.6 Å². The molecule has 0 aliphatic rings. The second kappa shape index (κ2) is 52.1. The molecule has 16 amide bonds. The molecule has 642 valence electrons. The molecule has 18 atom stereocenters. The highest BCUT2D eigenvalue weighted by Gasteiger charge is 2.40. The van der Waals surface area contributed by atoms with Gasteiger partial charge >= 0.3 is 17.9 Å². The normalized spacial score (nSPS) is 16.0. The van der Waals surface area contributed by atoms with Gasteiger partial charge in [-0.25, -0.2) is 4.79 Å². The Labute approximate surface area is 655 Å². The Balaban J connectivity index is 6.47. The van der Waals surface area contributed by atoms with Crippen LogP contribution in [0.25, 0.3) is 0 Å². The van der Waals surface area contributed by atoms with E-state index in [1.807, 2.05) is 19.2 Å². The highest BCUT2D eigenvalue weighted by atomic mass is 16.4. The van der Waals surface area contributed by atoms with Crippen LogP contribution in [0, 0.1) is 23.7 Å². The molecule has 0 aromatic carbocycles. The van der Waals surface area contributed by atoms with E-state index >= 15 is 0 Å². The summed E-state index contributed by atoms with van der Waals surface area (Å²) < 4.78 is 0. The summed E-state index contributed by atoms with van der Waals surface area (Å²) in [5.41, 5.74) is 16.8. The third-order valence-corrected chi connectivity index (χ3v) is 17.3. The number of carboxylic acid groups (broad SMARTS) is 3. The van der Waals surface area contributed by atoms with Crippen molar-refractivity contribution in [1.82, 2.24) is 79.8 Å². The predicted molar refractivity (Wildman–Crippen MR) is 402 cm³/mol. The van der Waals surface area contributed by atoms with E-state index in [0.717, 1.165) is 27.7 Å². The third-order valence-electron chi connectivity index (χ3n) is 17.3. The molecule has 0 unspecified atom stereocenters. The molecular formula is C70H122N18O25. The van der Waals surface area contributed by atoms with Crippen molar-refractivity contribution < 1.29 is 122 Å². The molecule has 0 aromatic rings. The highest BCUT2D eigenvalue weighted by Crippen LogP contribution is 2.15. The summed E-state index contributed by atoms with van der Waals surface area (Å²) in [6.45, 7) is 19.8. The van der Waals surface area contributed by atoms with E-state index in [-0.39, 0.29) is 82.2 Å². The van der Waals surface area contributed by atoms with Crippen LogP contribution in [-0.2, 0) is 91.1 Å². The van der Waals surface area contributed by atoms with Gasteiger partial charge in [-0.05, 0) is 129 Å². The molecule has 113 heavy (non-hydrogen) atoms. The minimum atomic E-state index is -2.03. The average Bonchev–Trinajstić information content (AvgIpc) is 0.853. The monoisotopic (exact) mass is 1610 g/mol. The van der Waals surface area contributed by atoms with Crippen molar-refractivity contribution in [3.05, 3.63) is 0 Å². The first-order valence-electron chi connectivity index (χ1n) is 37.4. The van der Waals surface area contributed by atoms with E-state index in [2.05, 4.69) is 74.4 Å². The Morgan fingerprint density at radius 3 is 0.965 bits per heavy atom. The largest absolute Gasteiger partial charge is 0.481 e. The van der Waals surface area contributed by atoms with Crippen molar-refractivity contribution >= 4 is 112 Å². The SMILES string of the molecule is CC[C@H](C)[C@H](NC(=O)[C@H](CCCCN)NC(=O)[C@H](CO)NC(=O)[C@H](C)NC(=O)[C@H](C)NC(=O)[C@H](CCCCN)NC(=O)[C@H](C)NC(=O)[C@@H](NC(=O)[C@H](CC(N)=O)NC(=O)[C@@H](NC(=O)[C@H](CC(C)C)NC(=O)[C@H](CC(C)C)NC(=O)[C@H](CC(C)C)NC(C)=O)[C@@H](C)O)[C@@H](C)O)C(=O)N[C@@H](CC(=O)O)C(=O)N[C@@H](CC(=O)O)C(=O)O. The number of nitrogens with two attached hydrogens (primary N) is 3. The number of rotatable bonds is 55. The zero-order valence-corrected chi connectivity index (χ0v) is 66.6. The molecule has 43 nitrogen and oxygen atoms in total. The highest BCUT2D eigenvalue weighted by molar-refractivity contribution is 6.02. The van der Waals surface area contributed by atoms with Gasteiger partial charge in [0.25, 0.3) is 0 Å². The van der Waals surface area contributed by atoms with Crippen LogP contribution in [0.15, 0.2) is 0 Å². The molecule has 0 saturated heterocycles. The van der Waals surface area contributed by atoms with Gasteiger partial charge in [0.05, 0.1) is 38.1 Å². The Bertz CT molecular complexity index is 3270. The predicted octanol–water partition coefficient (Wildman–Crippen LogP) is -7.56. The van der Waals surface area contributed by atoms with E-state index in [4.69, 9.17) is 22.3 Å². The number of nitrogens with one attached hydrogen (secondary N) is 15. The summed E-state index contributed by atoms with van der Waals surface area (Å²) >= 11 is 0. The van der Waals surface area contributed by atoms with Gasteiger partial charge in [-0.1, -0.05) is 61.8 Å². The van der Waals surface area contributed by atoms with Crippen molar-refractivity contribution in [3.8, 4) is 0 Å². The molecule has 0 fully saturated rings. The molecule has 27 N–H and O–H groups in total. The minimum Gasteiger partial charge on any atom is -0.481 e. The minimum absolute atomic E-state index is 0.0375. The van der Waals surface area contributed by atoms with Gasteiger partial charge in [0, 0.05) is 6.92 Å². The van der Waals surface area contributed by atoms with Crippen LogP contribution in [-0.4, -0.2) is 266 Å². The first kappa shape index (κ1) is 103. The summed E-state index contributed by atoms with van der Waals surface area (Å²) in [5.74, 6) is -23.1. The standard InChI is InChI=1S/C70H122N18O25/c1-15-34(8)53(67(109)83-47(28-51(94)95)63(105)84-48(70(112)113)29-52(96)97)86-60(102)42(21-17-19-23-72)79-66(108)49(30-89)85-58(100)36(10)74-56(98)35(9)75-59(101)41(20-16-18-22-71)78-57(99)37(11)76-68(110)54(38(12)90)87-65(107)46(27-50(73)93)82-69(111)55(39(13)91)88-64(106)45(26-33(6)7)81-62(104)44(25-32(4)5)80-61(103)43(24-31(2)3)77-40(14)92/h31-39,41-49,53-55,89-91H,15-30,71-72H2,1-14H3,(H2,73,93)(H,74,98)(H,75,101)(H,76,110)(H,77,92)(H,78,99)(H,79,108)(H,80,103)(H,81,104)(H,82,111)(H,83,109)(H,84,105)(H,85,100)(H,86,102)(H,87,107)(H,88,106)(H,94,95)(H,96,97)(H,112,113)/t34-,35-,36-,37-,38+,39+,41-,42-,43-,44-,45-,46-,47-,48-,49-,53-,54-,55-/m0/s1. The molecule has 0 rings (SSSR count). The second-order valence-corrected chi connectivity index (χ2v) is 29.1. The van der Waals surface area contributed by atoms with E-state index in [1.54, 1.807) is 34.6 Å². The molecular weight excluding hydrogens is 1490 g/mol. The number of carboxylic acids is 3. The van der Waals surface area contributed by atoms with Gasteiger partial charge in [-0.15, -0.1) is 0 Å². The fraction of sp³-hybridized carbons (Fsp3) is 0.729. The quantitative estimate of drug-likeness (QED) is 0.0252. The smallest absolute Gasteiger partial charge is 0.326 e. The summed E-state index contributed by atoms with van der Waals surface area (Å²) in [6, 6.07) is -24.4. The molecule has 0 radical (unpaired) electrons. The summed E-state index contributed by atoms with van der Waals surface area (Å²) in [6.07, 6.45) is -5.50. The lowest BCUT2D eigenvalue weighted by atomic mass is 9.96. The Hall–Kier alpha value is -10.3. The van der Waals surface area contributed by atoms with E-state index in [0.29, 0.717) is 12.8 Å². The van der Waals surface area contributed by atoms with Crippen LogP contribution in [0.2, 0.25) is 0 Å². The molecule has 0 aromatic heterocycles. The van der Waals surface area contributed by atoms with Crippen LogP contribution in [0.4, 0.5) is 0 Å². The first-order valence-corrected chi connectivity index (χ1v) is 37.4. The zero-order chi connectivity index (χ0) is 87.0. The van der Waals surface area contributed by atoms with Crippen molar-refractivity contribution in [1.29, 1.82) is 0 Å². The van der Waals surface area contributed by atoms with Crippen LogP contribution in [0.1, 0.15) is 180 Å². The number of aliphatic hydroxyl groups is 3. The van der Waals surface area contributed by atoms with Crippen molar-refractivity contribution in [3.63, 3.8) is 0 Å². The number of hydrogen-bond acceptors (Lipinski definition) is 24. The lowest BCUT2D eigenvalue weighted by Gasteiger charge is -2.29. The van der Waals surface area contributed by atoms with Crippen LogP contribution < -0.4 is 97.0 Å². The maximum atomic E-state index is 14.0. The number of aliphatic hydroxyl groups excluding tert-OH is 3. The van der Waals surface area contributed by atoms with Gasteiger partial charge < -0.3 is 128 Å². The van der Waals surface area contributed by atoms with Crippen molar-refractivity contribution in [2.45, 2.75) is 283 Å². The summed E-state index contributed by atoms with van der Waals surface area (Å²) in [4.78, 5) is 251. The van der Waals surface area contributed by atoms with Crippen molar-refractivity contribution in [2.75, 3.05) is 19.7 Å². The van der Waals surface area contributed by atoms with Crippen LogP contribution in [0.3, 0.4) is 0 Å². The molecule has 0 bridgehead atoms. The summed E-state index contributed by atoms with van der Waals surface area (Å²) in [7, 11) is 0. The van der Waals surface area contributed by atoms with Gasteiger partial charge in [0.2, 0.25) is 94.5 Å². The summed E-state index contributed by atoms with van der Waals surface area (Å²) in [5, 5.41) is 95.1. The number of unbranched alkanes of at least 4 members (excludes halogenated alkanes) is 2. The Morgan fingerprint density at radius 1 is 0.319 bits per heavy atom. The number of carbonyl (C=O) groups is 19. The molecule has 0 saturated carbocycles. The van der Waals surface area contributed by atoms with Gasteiger partial charge in [-0.3, -0.25) is 86.3 Å².